The minimum absolute atomic E-state index is 0.118. The average molecular weight is 360 g/mol. The fraction of sp³-hybridized carbons (Fsp3) is 0.438. The van der Waals surface area contributed by atoms with E-state index in [1.165, 1.54) is 11.8 Å². The molecule has 1 aromatic carbocycles. The second kappa shape index (κ2) is 7.64. The van der Waals surface area contributed by atoms with E-state index >= 15 is 0 Å². The first-order valence-corrected chi connectivity index (χ1v) is 9.12. The Kier molecular flexibility index (Phi) is 5.32. The van der Waals surface area contributed by atoms with Gasteiger partial charge in [-0.1, -0.05) is 30.0 Å². The number of thioether (sulfide) groups is 1. The lowest BCUT2D eigenvalue weighted by Crippen LogP contribution is -2.51. The zero-order valence-corrected chi connectivity index (χ0v) is 14.8. The zero-order valence-electron chi connectivity index (χ0n) is 14.0. The monoisotopic (exact) mass is 360 g/mol. The Balaban J connectivity index is 1.70. The van der Waals surface area contributed by atoms with Crippen molar-refractivity contribution >= 4 is 23.6 Å². The summed E-state index contributed by atoms with van der Waals surface area (Å²) in [6, 6.07) is 7.25. The number of hydrogen-bond donors (Lipinski definition) is 1. The van der Waals surface area contributed by atoms with E-state index < -0.39 is 11.9 Å². The van der Waals surface area contributed by atoms with E-state index in [1.807, 2.05) is 31.2 Å². The number of rotatable bonds is 5. The van der Waals surface area contributed by atoms with Crippen molar-refractivity contribution in [3.05, 3.63) is 29.8 Å². The van der Waals surface area contributed by atoms with Gasteiger partial charge in [-0.25, -0.2) is 0 Å². The van der Waals surface area contributed by atoms with Gasteiger partial charge < -0.3 is 10.6 Å². The number of piperidine rings is 1. The third kappa shape index (κ3) is 3.81. The van der Waals surface area contributed by atoms with Crippen molar-refractivity contribution in [3.63, 3.8) is 0 Å². The maximum atomic E-state index is 12.5. The molecule has 3 rings (SSSR count). The van der Waals surface area contributed by atoms with Crippen molar-refractivity contribution in [3.8, 4) is 5.69 Å². The first kappa shape index (κ1) is 17.4. The Morgan fingerprint density at radius 3 is 2.88 bits per heavy atom. The highest BCUT2D eigenvalue weighted by molar-refractivity contribution is 7.99. The molecule has 2 heterocycles. The van der Waals surface area contributed by atoms with Crippen molar-refractivity contribution in [2.24, 2.45) is 5.73 Å². The standard InChI is InChI=1S/C16H20N6O2S/c1-11-6-2-3-7-12(11)22-16(18-19-20-22)25-10-14(23)21-9-5-4-8-13(21)15(17)24/h2-3,6-7,13H,4-5,8-10H2,1H3,(H2,17,24)/t13-/m0/s1. The highest BCUT2D eigenvalue weighted by atomic mass is 32.2. The Hall–Kier alpha value is -2.42. The van der Waals surface area contributed by atoms with Crippen LogP contribution in [0.4, 0.5) is 0 Å². The van der Waals surface area contributed by atoms with Gasteiger partial charge in [0.1, 0.15) is 6.04 Å². The van der Waals surface area contributed by atoms with Crippen LogP contribution in [-0.2, 0) is 9.59 Å². The molecule has 0 bridgehead atoms. The van der Waals surface area contributed by atoms with Gasteiger partial charge in [0.15, 0.2) is 0 Å². The number of likely N-dealkylation sites (tertiary alicyclic amines) is 1. The third-order valence-corrected chi connectivity index (χ3v) is 5.16. The third-order valence-electron chi connectivity index (χ3n) is 4.26. The summed E-state index contributed by atoms with van der Waals surface area (Å²) in [5, 5.41) is 12.3. The van der Waals surface area contributed by atoms with Crippen LogP contribution in [0.15, 0.2) is 29.4 Å². The number of primary amides is 1. The molecule has 1 aliphatic rings. The van der Waals surface area contributed by atoms with Gasteiger partial charge in [-0.3, -0.25) is 9.59 Å². The van der Waals surface area contributed by atoms with Crippen LogP contribution >= 0.6 is 11.8 Å². The largest absolute Gasteiger partial charge is 0.368 e. The summed E-state index contributed by atoms with van der Waals surface area (Å²) in [5.74, 6) is -0.397. The lowest BCUT2D eigenvalue weighted by atomic mass is 10.0. The van der Waals surface area contributed by atoms with Crippen LogP contribution in [-0.4, -0.2) is 55.3 Å². The van der Waals surface area contributed by atoms with Crippen LogP contribution in [0.2, 0.25) is 0 Å². The van der Waals surface area contributed by atoms with Crippen LogP contribution in [0.3, 0.4) is 0 Å². The van der Waals surface area contributed by atoms with Crippen LogP contribution in [0.25, 0.3) is 5.69 Å². The summed E-state index contributed by atoms with van der Waals surface area (Å²) in [6.45, 7) is 2.54. The molecule has 9 heteroatoms. The maximum absolute atomic E-state index is 12.5. The normalized spacial score (nSPS) is 17.5. The Bertz CT molecular complexity index is 777. The number of aryl methyl sites for hydroxylation is 1. The molecule has 0 unspecified atom stereocenters. The summed E-state index contributed by atoms with van der Waals surface area (Å²) in [7, 11) is 0. The number of nitrogens with two attached hydrogens (primary N) is 1. The maximum Gasteiger partial charge on any atom is 0.240 e. The second-order valence-corrected chi connectivity index (χ2v) is 6.89. The number of hydrogen-bond acceptors (Lipinski definition) is 6. The van der Waals surface area contributed by atoms with E-state index in [0.717, 1.165) is 24.1 Å². The molecule has 0 aliphatic carbocycles. The number of aromatic nitrogens is 4. The Morgan fingerprint density at radius 1 is 1.32 bits per heavy atom. The van der Waals surface area contributed by atoms with Crippen LogP contribution in [0, 0.1) is 6.92 Å². The summed E-state index contributed by atoms with van der Waals surface area (Å²) < 4.78 is 1.62. The number of benzene rings is 1. The van der Waals surface area contributed by atoms with Crippen molar-refractivity contribution in [1.82, 2.24) is 25.1 Å². The molecular formula is C16H20N6O2S. The van der Waals surface area contributed by atoms with E-state index in [-0.39, 0.29) is 11.7 Å². The molecule has 8 nitrogen and oxygen atoms in total. The fourth-order valence-electron chi connectivity index (χ4n) is 2.96. The molecule has 2 N–H and O–H groups in total. The highest BCUT2D eigenvalue weighted by Crippen LogP contribution is 2.23. The molecule has 1 aliphatic heterocycles. The Morgan fingerprint density at radius 2 is 2.12 bits per heavy atom. The molecule has 0 saturated carbocycles. The lowest BCUT2D eigenvalue weighted by molar-refractivity contribution is -0.138. The molecule has 1 saturated heterocycles. The van der Waals surface area contributed by atoms with Crippen LogP contribution < -0.4 is 5.73 Å². The number of carbonyl (C=O) groups excluding carboxylic acids is 2. The molecule has 1 aromatic heterocycles. The number of para-hydroxylation sites is 1. The van der Waals surface area contributed by atoms with E-state index in [4.69, 9.17) is 5.73 Å². The average Bonchev–Trinajstić information content (AvgIpc) is 3.08. The lowest BCUT2D eigenvalue weighted by Gasteiger charge is -2.33. The number of carbonyl (C=O) groups is 2. The molecule has 1 fully saturated rings. The zero-order chi connectivity index (χ0) is 17.8. The first-order chi connectivity index (χ1) is 12.1. The van der Waals surface area contributed by atoms with Crippen LogP contribution in [0.1, 0.15) is 24.8 Å². The first-order valence-electron chi connectivity index (χ1n) is 8.14. The Labute approximate surface area is 149 Å². The minimum Gasteiger partial charge on any atom is -0.368 e. The summed E-state index contributed by atoms with van der Waals surface area (Å²) in [6.07, 6.45) is 2.43. The van der Waals surface area contributed by atoms with Gasteiger partial charge in [0.25, 0.3) is 0 Å². The van der Waals surface area contributed by atoms with Gasteiger partial charge in [0.2, 0.25) is 17.0 Å². The summed E-state index contributed by atoms with van der Waals surface area (Å²) in [4.78, 5) is 25.7. The highest BCUT2D eigenvalue weighted by Gasteiger charge is 2.30. The molecule has 1 atom stereocenters. The molecular weight excluding hydrogens is 340 g/mol. The van der Waals surface area contributed by atoms with Gasteiger partial charge in [0, 0.05) is 6.54 Å². The molecule has 0 spiro atoms. The van der Waals surface area contributed by atoms with Crippen molar-refractivity contribution in [1.29, 1.82) is 0 Å². The quantitative estimate of drug-likeness (QED) is 0.795. The second-order valence-electron chi connectivity index (χ2n) is 5.95. The van der Waals surface area contributed by atoms with E-state index in [0.29, 0.717) is 18.1 Å². The van der Waals surface area contributed by atoms with Crippen molar-refractivity contribution in [2.45, 2.75) is 37.4 Å². The molecule has 0 radical (unpaired) electrons. The molecule has 25 heavy (non-hydrogen) atoms. The molecule has 132 valence electrons. The predicted molar refractivity (Wildman–Crippen MR) is 93.2 cm³/mol. The smallest absolute Gasteiger partial charge is 0.240 e. The van der Waals surface area contributed by atoms with Crippen molar-refractivity contribution in [2.75, 3.05) is 12.3 Å². The SMILES string of the molecule is Cc1ccccc1-n1nnnc1SCC(=O)N1CCCC[C@H]1C(N)=O. The van der Waals surface area contributed by atoms with Crippen LogP contribution in [0.5, 0.6) is 0 Å². The number of nitrogens with zero attached hydrogens (tertiary/aromatic N) is 5. The fourth-order valence-corrected chi connectivity index (χ4v) is 3.73. The topological polar surface area (TPSA) is 107 Å². The summed E-state index contributed by atoms with van der Waals surface area (Å²) in [5.41, 5.74) is 7.33. The number of tetrazole rings is 1. The van der Waals surface area contributed by atoms with E-state index in [9.17, 15) is 9.59 Å². The van der Waals surface area contributed by atoms with E-state index in [1.54, 1.807) is 9.58 Å². The van der Waals surface area contributed by atoms with E-state index in [2.05, 4.69) is 15.5 Å². The van der Waals surface area contributed by atoms with Gasteiger partial charge in [0.05, 0.1) is 11.4 Å². The van der Waals surface area contributed by atoms with Gasteiger partial charge in [-0.15, -0.1) is 5.10 Å². The molecule has 2 aromatic rings. The van der Waals surface area contributed by atoms with Crippen molar-refractivity contribution < 1.29 is 9.59 Å². The van der Waals surface area contributed by atoms with Gasteiger partial charge in [-0.2, -0.15) is 4.68 Å². The minimum atomic E-state index is -0.505. The molecule has 2 amide bonds. The van der Waals surface area contributed by atoms with Gasteiger partial charge >= 0.3 is 0 Å². The predicted octanol–water partition coefficient (Wildman–Crippen LogP) is 0.929. The summed E-state index contributed by atoms with van der Waals surface area (Å²) >= 11 is 1.26. The van der Waals surface area contributed by atoms with Gasteiger partial charge in [-0.05, 0) is 48.2 Å². The number of amides is 2.